The molecular formula is C46H50N5O2S. The number of hydrogen-bond donors (Lipinski definition) is 1. The first-order chi connectivity index (χ1) is 26.0. The van der Waals surface area contributed by atoms with E-state index in [1.807, 2.05) is 78.9 Å². The summed E-state index contributed by atoms with van der Waals surface area (Å²) in [5, 5.41) is 19.0. The Kier molecular flexibility index (Phi) is 12.3. The lowest BCUT2D eigenvalue weighted by Crippen LogP contribution is -2.50. The van der Waals surface area contributed by atoms with Crippen LogP contribution in [0.15, 0.2) is 97.3 Å². The van der Waals surface area contributed by atoms with Crippen LogP contribution >= 0.6 is 0 Å². The van der Waals surface area contributed by atoms with Crippen LogP contribution < -0.4 is 4.72 Å². The summed E-state index contributed by atoms with van der Waals surface area (Å²) >= 11 is 0. The van der Waals surface area contributed by atoms with E-state index < -0.39 is 10.0 Å². The first-order valence-corrected chi connectivity index (χ1v) is 20.7. The van der Waals surface area contributed by atoms with Gasteiger partial charge in [-0.25, -0.2) is 13.1 Å². The lowest BCUT2D eigenvalue weighted by molar-refractivity contribution is 0.127. The van der Waals surface area contributed by atoms with Gasteiger partial charge in [-0.1, -0.05) is 95.3 Å². The number of pyridine rings is 2. The van der Waals surface area contributed by atoms with Crippen molar-refractivity contribution in [3.8, 4) is 34.4 Å². The van der Waals surface area contributed by atoms with Gasteiger partial charge in [-0.15, -0.1) is 0 Å². The Morgan fingerprint density at radius 1 is 0.704 bits per heavy atom. The first kappa shape index (κ1) is 38.8. The number of nitriles is 2. The monoisotopic (exact) mass is 736 g/mol. The highest BCUT2D eigenvalue weighted by atomic mass is 32.2. The van der Waals surface area contributed by atoms with E-state index in [2.05, 4.69) is 80.0 Å². The maximum Gasteiger partial charge on any atom is 0.212 e. The number of nitrogens with zero attached hydrogens (tertiary/aromatic N) is 4. The third kappa shape index (κ3) is 8.90. The summed E-state index contributed by atoms with van der Waals surface area (Å²) in [7, 11) is -3.60. The topological polar surface area (TPSA) is 120 Å². The number of rotatable bonds is 10. The Morgan fingerprint density at radius 2 is 1.22 bits per heavy atom. The van der Waals surface area contributed by atoms with Crippen molar-refractivity contribution in [1.82, 2.24) is 14.7 Å². The van der Waals surface area contributed by atoms with Gasteiger partial charge in [-0.2, -0.15) is 10.5 Å². The summed E-state index contributed by atoms with van der Waals surface area (Å²) < 4.78 is 31.1. The van der Waals surface area contributed by atoms with E-state index in [-0.39, 0.29) is 35.5 Å². The van der Waals surface area contributed by atoms with E-state index in [0.717, 1.165) is 46.5 Å². The van der Waals surface area contributed by atoms with Crippen LogP contribution in [0.1, 0.15) is 70.0 Å². The molecule has 9 atom stereocenters. The largest absolute Gasteiger partial charge is 0.256 e. The van der Waals surface area contributed by atoms with Crippen LogP contribution in [0.2, 0.25) is 0 Å². The van der Waals surface area contributed by atoms with Crippen molar-refractivity contribution in [2.75, 3.05) is 5.75 Å². The molecule has 2 aromatic heterocycles. The van der Waals surface area contributed by atoms with Gasteiger partial charge in [0.2, 0.25) is 10.0 Å². The number of sulfonamides is 1. The van der Waals surface area contributed by atoms with Crippen LogP contribution in [-0.2, 0) is 10.0 Å². The molecule has 4 aromatic rings. The normalized spacial score (nSPS) is 27.4. The van der Waals surface area contributed by atoms with Gasteiger partial charge in [0.25, 0.3) is 0 Å². The average Bonchev–Trinajstić information content (AvgIpc) is 3.18. The molecule has 0 bridgehead atoms. The fraction of sp³-hybridized carbons (Fsp3) is 0.370. The van der Waals surface area contributed by atoms with Crippen LogP contribution in [0.25, 0.3) is 34.4 Å². The Hall–Kier alpha value is -4.89. The van der Waals surface area contributed by atoms with Crippen LogP contribution in [0, 0.1) is 76.4 Å². The zero-order valence-electron chi connectivity index (χ0n) is 31.8. The average molecular weight is 737 g/mol. The third-order valence-corrected chi connectivity index (χ3v) is 13.7. The molecular weight excluding hydrogens is 687 g/mol. The van der Waals surface area contributed by atoms with E-state index in [0.29, 0.717) is 34.8 Å². The minimum atomic E-state index is -3.60. The summed E-state index contributed by atoms with van der Waals surface area (Å²) in [5.74, 6) is 1.73. The summed E-state index contributed by atoms with van der Waals surface area (Å²) in [4.78, 5) is 9.34. The number of nitrogens with one attached hydrogen (secondary N) is 1. The molecule has 0 amide bonds. The lowest BCUT2D eigenvalue weighted by Gasteiger charge is -2.43. The molecule has 8 heteroatoms. The van der Waals surface area contributed by atoms with Crippen LogP contribution in [-0.4, -0.2) is 30.2 Å². The second-order valence-electron chi connectivity index (χ2n) is 15.5. The highest BCUT2D eigenvalue weighted by molar-refractivity contribution is 7.89. The maximum absolute atomic E-state index is 14.0. The predicted octanol–water partition coefficient (Wildman–Crippen LogP) is 9.61. The molecule has 0 saturated heterocycles. The van der Waals surface area contributed by atoms with E-state index in [9.17, 15) is 18.9 Å². The number of allylic oxidation sites excluding steroid dienone is 2. The Labute approximate surface area is 322 Å². The molecule has 277 valence electrons. The fourth-order valence-electron chi connectivity index (χ4n) is 8.43. The van der Waals surface area contributed by atoms with Crippen molar-refractivity contribution in [2.45, 2.75) is 53.5 Å². The van der Waals surface area contributed by atoms with Crippen LogP contribution in [0.3, 0.4) is 0 Å². The molecule has 2 aromatic carbocycles. The van der Waals surface area contributed by atoms with E-state index >= 15 is 0 Å². The molecule has 1 N–H and O–H groups in total. The maximum atomic E-state index is 14.0. The second-order valence-corrected chi connectivity index (χ2v) is 17.3. The SMILES string of the molecule is C[C@H]1[C@H](/C=C/c2ccc(-c3ccccc3C#N)cn2)[C@H](C)[C@H](NS(=O)(=O)C[C@@H]2[CH]C[C@H](C)[C@@H](C)[C@@H]2/C=C/c2ccc(-c3ccccc3C#N)cn2)C[C@@H]1C. The molecule has 54 heavy (non-hydrogen) atoms. The van der Waals surface area contributed by atoms with Gasteiger partial charge in [-0.3, -0.25) is 9.97 Å². The highest BCUT2D eigenvalue weighted by Gasteiger charge is 2.41. The number of aromatic nitrogens is 2. The van der Waals surface area contributed by atoms with E-state index in [1.165, 1.54) is 0 Å². The smallest absolute Gasteiger partial charge is 0.212 e. The minimum Gasteiger partial charge on any atom is -0.256 e. The predicted molar refractivity (Wildman–Crippen MR) is 217 cm³/mol. The van der Waals surface area contributed by atoms with E-state index in [1.54, 1.807) is 18.5 Å². The van der Waals surface area contributed by atoms with E-state index in [4.69, 9.17) is 0 Å². The number of hydrogen-bond acceptors (Lipinski definition) is 6. The van der Waals surface area contributed by atoms with Crippen molar-refractivity contribution in [3.63, 3.8) is 0 Å². The molecule has 0 spiro atoms. The van der Waals surface area contributed by atoms with Crippen LogP contribution in [0.5, 0.6) is 0 Å². The Bertz CT molecular complexity index is 2160. The zero-order chi connectivity index (χ0) is 38.4. The molecule has 2 saturated carbocycles. The Balaban J connectivity index is 1.13. The molecule has 6 rings (SSSR count). The molecule has 2 heterocycles. The third-order valence-electron chi connectivity index (χ3n) is 12.2. The fourth-order valence-corrected chi connectivity index (χ4v) is 10.2. The van der Waals surface area contributed by atoms with Gasteiger partial charge in [0, 0.05) is 40.7 Å². The van der Waals surface area contributed by atoms with Gasteiger partial charge >= 0.3 is 0 Å². The van der Waals surface area contributed by atoms with Crippen LogP contribution in [0.4, 0.5) is 0 Å². The molecule has 1 radical (unpaired) electrons. The van der Waals surface area contributed by atoms with Crippen molar-refractivity contribution in [1.29, 1.82) is 10.5 Å². The summed E-state index contributed by atoms with van der Waals surface area (Å²) in [5.41, 5.74) is 6.35. The lowest BCUT2D eigenvalue weighted by atomic mass is 9.66. The molecule has 2 aliphatic carbocycles. The van der Waals surface area contributed by atoms with Crippen molar-refractivity contribution < 1.29 is 8.42 Å². The molecule has 2 fully saturated rings. The highest BCUT2D eigenvalue weighted by Crippen LogP contribution is 2.42. The molecule has 2 aliphatic rings. The van der Waals surface area contributed by atoms with Gasteiger partial charge in [0.15, 0.2) is 0 Å². The number of benzene rings is 2. The van der Waals surface area contributed by atoms with Gasteiger partial charge in [0.1, 0.15) is 0 Å². The minimum absolute atomic E-state index is 0.0508. The van der Waals surface area contributed by atoms with Gasteiger partial charge in [0.05, 0.1) is 40.4 Å². The second kappa shape index (κ2) is 17.1. The quantitative estimate of drug-likeness (QED) is 0.173. The summed E-state index contributed by atoms with van der Waals surface area (Å²) in [6.07, 6.45) is 15.9. The zero-order valence-corrected chi connectivity index (χ0v) is 32.6. The van der Waals surface area contributed by atoms with Crippen molar-refractivity contribution in [3.05, 3.63) is 126 Å². The van der Waals surface area contributed by atoms with Crippen molar-refractivity contribution in [2.24, 2.45) is 47.3 Å². The molecule has 0 unspecified atom stereocenters. The molecule has 0 aliphatic heterocycles. The standard InChI is InChI=1S/C46H50N5O2S/c1-30-14-15-39(43(32(30)3)23-21-41-19-17-38(28-50-41)45-13-9-7-11-36(45)26-48)29-54(52,53)51-46-24-31(2)33(4)42(34(46)5)22-20-40-18-16-37(27-49-40)44-12-8-6-10-35(44)25-47/h6-13,15-23,27-28,30-34,39,42-43,46,51H,14,24,29H2,1-5H3/b22-20+,23-21+/t30-,31-,32+,33+,34-,39-,42-,43-,46+/m0/s1. The van der Waals surface area contributed by atoms with Gasteiger partial charge in [-0.05, 0) is 103 Å². The first-order valence-electron chi connectivity index (χ1n) is 19.1. The Morgan fingerprint density at radius 3 is 1.74 bits per heavy atom. The molecule has 7 nitrogen and oxygen atoms in total. The summed E-state index contributed by atoms with van der Waals surface area (Å²) in [6, 6.07) is 27.3. The summed E-state index contributed by atoms with van der Waals surface area (Å²) in [6.45, 7) is 11.1. The van der Waals surface area contributed by atoms with Crippen molar-refractivity contribution >= 4 is 22.2 Å². The van der Waals surface area contributed by atoms with Gasteiger partial charge < -0.3 is 0 Å².